The average Bonchev–Trinajstić information content (AvgIpc) is 2.65. The van der Waals surface area contributed by atoms with Gasteiger partial charge in [-0.25, -0.2) is 0 Å². The molecule has 0 heterocycles. The molecule has 1 fully saturated rings. The van der Waals surface area contributed by atoms with Gasteiger partial charge in [0.1, 0.15) is 0 Å². The van der Waals surface area contributed by atoms with Gasteiger partial charge in [-0.05, 0) is 53.8 Å². The summed E-state index contributed by atoms with van der Waals surface area (Å²) < 4.78 is 5.98. The lowest BCUT2D eigenvalue weighted by Gasteiger charge is -2.46. The maximum atomic E-state index is 5.98. The number of nitrogens with one attached hydrogen (secondary N) is 1. The number of likely N-dealkylation sites (N-methyl/N-ethyl adjacent to an activating group) is 1. The zero-order chi connectivity index (χ0) is 15.0. The van der Waals surface area contributed by atoms with Crippen molar-refractivity contribution in [1.29, 1.82) is 0 Å². The Morgan fingerprint density at radius 2 is 1.70 bits per heavy atom. The van der Waals surface area contributed by atoms with E-state index in [1.165, 1.54) is 44.9 Å². The van der Waals surface area contributed by atoms with Gasteiger partial charge in [0.15, 0.2) is 0 Å². The fourth-order valence-corrected chi connectivity index (χ4v) is 3.46. The lowest BCUT2D eigenvalue weighted by molar-refractivity contribution is -0.000906. The molecule has 0 saturated heterocycles. The molecule has 1 rings (SSSR count). The van der Waals surface area contributed by atoms with E-state index in [2.05, 4.69) is 45.1 Å². The standard InChI is InChI=1S/C17H36N2O/c1-6-13-18-16(14-20-15(2)3)17(19(4)5)11-9-7-8-10-12-17/h15-16,18H,6-14H2,1-5H3. The third kappa shape index (κ3) is 5.01. The van der Waals surface area contributed by atoms with Gasteiger partial charge in [-0.15, -0.1) is 0 Å². The van der Waals surface area contributed by atoms with Crippen molar-refractivity contribution in [2.24, 2.45) is 0 Å². The molecule has 0 aliphatic heterocycles. The van der Waals surface area contributed by atoms with Gasteiger partial charge >= 0.3 is 0 Å². The van der Waals surface area contributed by atoms with Crippen LogP contribution in [-0.4, -0.2) is 49.8 Å². The summed E-state index contributed by atoms with van der Waals surface area (Å²) in [4.78, 5) is 2.47. The van der Waals surface area contributed by atoms with E-state index in [4.69, 9.17) is 4.74 Å². The van der Waals surface area contributed by atoms with Crippen LogP contribution in [0.1, 0.15) is 65.7 Å². The molecule has 3 nitrogen and oxygen atoms in total. The summed E-state index contributed by atoms with van der Waals surface area (Å²) in [5, 5.41) is 3.78. The molecule has 1 aliphatic carbocycles. The van der Waals surface area contributed by atoms with Crippen LogP contribution in [0.3, 0.4) is 0 Å². The number of rotatable bonds is 8. The number of nitrogens with zero attached hydrogens (tertiary/aromatic N) is 1. The molecule has 1 aliphatic rings. The van der Waals surface area contributed by atoms with E-state index in [-0.39, 0.29) is 5.54 Å². The molecule has 20 heavy (non-hydrogen) atoms. The normalized spacial score (nSPS) is 21.1. The summed E-state index contributed by atoms with van der Waals surface area (Å²) in [7, 11) is 4.50. The molecule has 1 saturated carbocycles. The minimum Gasteiger partial charge on any atom is -0.377 e. The molecule has 0 aromatic rings. The Morgan fingerprint density at radius 1 is 1.10 bits per heavy atom. The molecule has 0 amide bonds. The van der Waals surface area contributed by atoms with Crippen molar-refractivity contribution in [3.8, 4) is 0 Å². The van der Waals surface area contributed by atoms with Gasteiger partial charge in [0.05, 0.1) is 12.7 Å². The lowest BCUT2D eigenvalue weighted by atomic mass is 9.81. The second kappa shape index (κ2) is 9.01. The van der Waals surface area contributed by atoms with Gasteiger partial charge in [-0.1, -0.05) is 32.6 Å². The highest BCUT2D eigenvalue weighted by atomic mass is 16.5. The number of hydrogen-bond acceptors (Lipinski definition) is 3. The summed E-state index contributed by atoms with van der Waals surface area (Å²) in [5.74, 6) is 0. The van der Waals surface area contributed by atoms with Crippen molar-refractivity contribution < 1.29 is 4.74 Å². The molecule has 3 heteroatoms. The van der Waals surface area contributed by atoms with Gasteiger partial charge in [-0.2, -0.15) is 0 Å². The highest BCUT2D eigenvalue weighted by Crippen LogP contribution is 2.34. The molecular formula is C17H36N2O. The smallest absolute Gasteiger partial charge is 0.0641 e. The van der Waals surface area contributed by atoms with Gasteiger partial charge in [-0.3, -0.25) is 0 Å². The van der Waals surface area contributed by atoms with Crippen LogP contribution in [0.2, 0.25) is 0 Å². The zero-order valence-corrected chi connectivity index (χ0v) is 14.4. The van der Waals surface area contributed by atoms with Gasteiger partial charge in [0.2, 0.25) is 0 Å². The molecule has 0 aromatic heterocycles. The van der Waals surface area contributed by atoms with Crippen LogP contribution in [0.25, 0.3) is 0 Å². The molecule has 1 atom stereocenters. The monoisotopic (exact) mass is 284 g/mol. The van der Waals surface area contributed by atoms with Crippen LogP contribution in [0, 0.1) is 0 Å². The van der Waals surface area contributed by atoms with Gasteiger partial charge in [0.25, 0.3) is 0 Å². The van der Waals surface area contributed by atoms with Crippen molar-refractivity contribution in [3.63, 3.8) is 0 Å². The van der Waals surface area contributed by atoms with E-state index in [0.29, 0.717) is 12.1 Å². The Balaban J connectivity index is 2.83. The van der Waals surface area contributed by atoms with Crippen molar-refractivity contribution in [2.75, 3.05) is 27.2 Å². The Kier molecular flexibility index (Phi) is 8.08. The fourth-order valence-electron chi connectivity index (χ4n) is 3.46. The van der Waals surface area contributed by atoms with Crippen LogP contribution in [0.4, 0.5) is 0 Å². The first-order chi connectivity index (χ1) is 9.53. The van der Waals surface area contributed by atoms with Crippen LogP contribution in [0.5, 0.6) is 0 Å². The number of hydrogen-bond donors (Lipinski definition) is 1. The average molecular weight is 284 g/mol. The van der Waals surface area contributed by atoms with E-state index in [0.717, 1.165) is 13.2 Å². The van der Waals surface area contributed by atoms with Crippen molar-refractivity contribution in [1.82, 2.24) is 10.2 Å². The third-order valence-corrected chi connectivity index (χ3v) is 4.75. The Morgan fingerprint density at radius 3 is 2.15 bits per heavy atom. The summed E-state index contributed by atoms with van der Waals surface area (Å²) in [5.41, 5.74) is 0.264. The van der Waals surface area contributed by atoms with Crippen molar-refractivity contribution in [3.05, 3.63) is 0 Å². The fraction of sp³-hybridized carbons (Fsp3) is 1.00. The van der Waals surface area contributed by atoms with Crippen LogP contribution in [-0.2, 0) is 4.74 Å². The van der Waals surface area contributed by atoms with Crippen molar-refractivity contribution in [2.45, 2.75) is 83.4 Å². The second-order valence-corrected chi connectivity index (χ2v) is 6.80. The minimum atomic E-state index is 0.264. The molecule has 0 radical (unpaired) electrons. The second-order valence-electron chi connectivity index (χ2n) is 6.80. The summed E-state index contributed by atoms with van der Waals surface area (Å²) in [6, 6.07) is 0.443. The minimum absolute atomic E-state index is 0.264. The third-order valence-electron chi connectivity index (χ3n) is 4.75. The van der Waals surface area contributed by atoms with E-state index in [1.807, 2.05) is 0 Å². The summed E-state index contributed by atoms with van der Waals surface area (Å²) >= 11 is 0. The molecule has 120 valence electrons. The van der Waals surface area contributed by atoms with E-state index >= 15 is 0 Å². The first kappa shape index (κ1) is 17.9. The first-order valence-corrected chi connectivity index (χ1v) is 8.55. The van der Waals surface area contributed by atoms with Gasteiger partial charge in [0, 0.05) is 11.6 Å². The maximum Gasteiger partial charge on any atom is 0.0641 e. The van der Waals surface area contributed by atoms with Gasteiger partial charge < -0.3 is 15.0 Å². The molecule has 0 aromatic carbocycles. The maximum absolute atomic E-state index is 5.98. The molecule has 0 bridgehead atoms. The van der Waals surface area contributed by atoms with Crippen LogP contribution >= 0.6 is 0 Å². The zero-order valence-electron chi connectivity index (χ0n) is 14.4. The van der Waals surface area contributed by atoms with E-state index in [1.54, 1.807) is 0 Å². The summed E-state index contributed by atoms with van der Waals surface area (Å²) in [6.45, 7) is 8.42. The Hall–Kier alpha value is -0.120. The van der Waals surface area contributed by atoms with Crippen LogP contribution in [0.15, 0.2) is 0 Å². The molecule has 0 spiro atoms. The van der Waals surface area contributed by atoms with E-state index in [9.17, 15) is 0 Å². The highest BCUT2D eigenvalue weighted by molar-refractivity contribution is 5.00. The van der Waals surface area contributed by atoms with Crippen LogP contribution < -0.4 is 5.32 Å². The number of ether oxygens (including phenoxy) is 1. The first-order valence-electron chi connectivity index (χ1n) is 8.55. The Labute approximate surface area is 126 Å². The Bertz CT molecular complexity index is 245. The van der Waals surface area contributed by atoms with E-state index < -0.39 is 0 Å². The molecule has 1 N–H and O–H groups in total. The molecule has 1 unspecified atom stereocenters. The quantitative estimate of drug-likeness (QED) is 0.691. The molecular weight excluding hydrogens is 248 g/mol. The summed E-state index contributed by atoms with van der Waals surface area (Å²) in [6.07, 6.45) is 9.56. The SMILES string of the molecule is CCCNC(COC(C)C)C1(N(C)C)CCCCCC1. The lowest BCUT2D eigenvalue weighted by Crippen LogP contribution is -2.61. The predicted octanol–water partition coefficient (Wildman–Crippen LogP) is 3.43. The predicted molar refractivity (Wildman–Crippen MR) is 87.3 cm³/mol. The highest BCUT2D eigenvalue weighted by Gasteiger charge is 2.40. The topological polar surface area (TPSA) is 24.5 Å². The van der Waals surface area contributed by atoms with Crippen molar-refractivity contribution >= 4 is 0 Å². The largest absolute Gasteiger partial charge is 0.377 e.